The van der Waals surface area contributed by atoms with Crippen LogP contribution < -0.4 is 36.5 Å². The average Bonchev–Trinajstić information content (AvgIpc) is 2.78. The molecule has 0 aliphatic heterocycles. The van der Waals surface area contributed by atoms with Crippen molar-refractivity contribution in [3.05, 3.63) is 0 Å². The van der Waals surface area contributed by atoms with E-state index in [1.165, 1.54) is 116 Å². The van der Waals surface area contributed by atoms with Crippen LogP contribution in [-0.4, -0.2) is 46.9 Å². The third-order valence-corrected chi connectivity index (χ3v) is 7.80. The fraction of sp³-hybridized carbons (Fsp3) is 1.00. The van der Waals surface area contributed by atoms with Gasteiger partial charge in [-0.25, -0.2) is 9.18 Å². The minimum Gasteiger partial charge on any atom is -1.00 e. The van der Waals surface area contributed by atoms with Crippen LogP contribution in [0.5, 0.6) is 0 Å². The fourth-order valence-corrected chi connectivity index (χ4v) is 5.22. The molecule has 0 heterocycles. The highest BCUT2D eigenvalue weighted by molar-refractivity contribution is 4.53. The summed E-state index contributed by atoms with van der Waals surface area (Å²) in [6.45, 7) is 23.5. The van der Waals surface area contributed by atoms with E-state index < -0.39 is 0 Å². The van der Waals surface area contributed by atoms with E-state index >= 15 is 0 Å². The van der Waals surface area contributed by atoms with Crippen LogP contribution in [0.1, 0.15) is 159 Å². The number of unbranched alkanes of at least 4 members (excludes halogenated alkanes) is 12. The maximum absolute atomic E-state index is 6.78. The minimum atomic E-state index is 0. The van der Waals surface area contributed by atoms with Crippen LogP contribution >= 0.6 is 0 Å². The van der Waals surface area contributed by atoms with Gasteiger partial charge in [0.25, 0.3) is 0 Å². The molecule has 6 heteroatoms. The van der Waals surface area contributed by atoms with Gasteiger partial charge in [0, 0.05) is 0 Å². The molecule has 0 aromatic heterocycles. The summed E-state index contributed by atoms with van der Waals surface area (Å²) in [6.07, 6.45) is 20.4. The standard InChI is InChI=1S/C21H47N2.C9H23N2.2ClH/c1-4-7-10-13-16-19-23(22,20-17-14-11-8-5-2)21-18-15-12-9-6-3;1-7(2)11(10,8(3)4)9(5)6;;/h4-22H2,1-3H3;7-9H,10H2,1-6H3;2*1H/q2*+1;;/p-2. The Morgan fingerprint density at radius 1 is 0.417 bits per heavy atom. The van der Waals surface area contributed by atoms with E-state index in [9.17, 15) is 0 Å². The van der Waals surface area contributed by atoms with Crippen LogP contribution in [0.15, 0.2) is 0 Å². The molecule has 0 aromatic carbocycles. The summed E-state index contributed by atoms with van der Waals surface area (Å²) in [6, 6.07) is 1.49. The molecule has 0 saturated heterocycles. The monoisotopic (exact) mass is 556 g/mol. The highest BCUT2D eigenvalue weighted by Gasteiger charge is 2.34. The molecule has 0 rings (SSSR count). The molecular formula is C30H70Cl2N4. The normalized spacial score (nSPS) is 11.8. The number of nitrogens with zero attached hydrogens (tertiary/aromatic N) is 2. The molecule has 36 heavy (non-hydrogen) atoms. The van der Waals surface area contributed by atoms with Crippen molar-refractivity contribution < 1.29 is 34.0 Å². The molecule has 0 amide bonds. The highest BCUT2D eigenvalue weighted by atomic mass is 35.5. The first kappa shape index (κ1) is 43.5. The highest BCUT2D eigenvalue weighted by Crippen LogP contribution is 2.17. The molecule has 0 saturated carbocycles. The first-order chi connectivity index (χ1) is 16.0. The van der Waals surface area contributed by atoms with Gasteiger partial charge in [-0.3, -0.25) is 0 Å². The van der Waals surface area contributed by atoms with Crippen molar-refractivity contribution in [2.24, 2.45) is 11.7 Å². The van der Waals surface area contributed by atoms with Gasteiger partial charge in [0.1, 0.15) is 18.1 Å². The topological polar surface area (TPSA) is 52.0 Å². The van der Waals surface area contributed by atoms with E-state index in [0.717, 1.165) is 4.59 Å². The summed E-state index contributed by atoms with van der Waals surface area (Å²) in [7, 11) is 0. The molecule has 0 bridgehead atoms. The summed E-state index contributed by atoms with van der Waals surface area (Å²) in [5.74, 6) is 13.0. The van der Waals surface area contributed by atoms with Crippen molar-refractivity contribution in [3.8, 4) is 0 Å². The lowest BCUT2D eigenvalue weighted by Gasteiger charge is -2.44. The molecule has 0 fully saturated rings. The third-order valence-electron chi connectivity index (χ3n) is 7.80. The lowest BCUT2D eigenvalue weighted by molar-refractivity contribution is -0.996. The molecule has 0 aliphatic carbocycles. The van der Waals surface area contributed by atoms with Gasteiger partial charge in [-0.15, -0.1) is 0 Å². The molecule has 0 spiro atoms. The Balaban J connectivity index is -0.000000335. The summed E-state index contributed by atoms with van der Waals surface area (Å²) in [4.78, 5) is 0. The largest absolute Gasteiger partial charge is 1.00 e. The number of quaternary nitrogens is 2. The number of rotatable bonds is 21. The van der Waals surface area contributed by atoms with Crippen molar-refractivity contribution in [2.45, 2.75) is 177 Å². The molecule has 4 N–H and O–H groups in total. The third kappa shape index (κ3) is 21.4. The van der Waals surface area contributed by atoms with Crippen LogP contribution in [0.3, 0.4) is 0 Å². The Morgan fingerprint density at radius 2 is 0.639 bits per heavy atom. The van der Waals surface area contributed by atoms with Crippen molar-refractivity contribution in [2.75, 3.05) is 19.6 Å². The van der Waals surface area contributed by atoms with Gasteiger partial charge >= 0.3 is 0 Å². The summed E-state index contributed by atoms with van der Waals surface area (Å²) < 4.78 is 1.52. The molecule has 0 radical (unpaired) electrons. The second-order valence-electron chi connectivity index (χ2n) is 11.8. The summed E-state index contributed by atoms with van der Waals surface area (Å²) >= 11 is 0. The molecule has 4 nitrogen and oxygen atoms in total. The maximum atomic E-state index is 6.78. The second kappa shape index (κ2) is 27.0. The molecule has 0 aromatic rings. The Morgan fingerprint density at radius 3 is 0.806 bits per heavy atom. The zero-order chi connectivity index (χ0) is 26.5. The van der Waals surface area contributed by atoms with E-state index in [0.29, 0.717) is 22.7 Å². The maximum Gasteiger partial charge on any atom is 0.101 e. The smallest absolute Gasteiger partial charge is 0.101 e. The van der Waals surface area contributed by atoms with Gasteiger partial charge < -0.3 is 24.8 Å². The lowest BCUT2D eigenvalue weighted by Crippen LogP contribution is -3.00. The predicted octanol–water partition coefficient (Wildman–Crippen LogP) is 2.50. The molecule has 224 valence electrons. The average molecular weight is 558 g/mol. The first-order valence-electron chi connectivity index (χ1n) is 15.3. The SMILES string of the molecule is CC(C)[N+](N)(C(C)C)C(C)C.CCCCCCC[N+](N)(CCCCCCC)CCCCCCC.[Cl-].[Cl-]. The number of hydrogen-bond acceptors (Lipinski definition) is 2. The van der Waals surface area contributed by atoms with Crippen molar-refractivity contribution in [1.82, 2.24) is 0 Å². The quantitative estimate of drug-likeness (QED) is 0.0987. The van der Waals surface area contributed by atoms with Gasteiger partial charge in [-0.2, -0.15) is 11.7 Å². The van der Waals surface area contributed by atoms with Gasteiger partial charge in [-0.1, -0.05) is 78.6 Å². The van der Waals surface area contributed by atoms with Crippen LogP contribution in [-0.2, 0) is 0 Å². The van der Waals surface area contributed by atoms with Crippen LogP contribution in [0.2, 0.25) is 0 Å². The van der Waals surface area contributed by atoms with Gasteiger partial charge in [0.2, 0.25) is 0 Å². The van der Waals surface area contributed by atoms with E-state index in [-0.39, 0.29) is 24.8 Å². The van der Waals surface area contributed by atoms with E-state index in [4.69, 9.17) is 11.7 Å². The first-order valence-corrected chi connectivity index (χ1v) is 15.3. The molecule has 0 unspecified atom stereocenters. The van der Waals surface area contributed by atoms with E-state index in [1.54, 1.807) is 0 Å². The van der Waals surface area contributed by atoms with Crippen LogP contribution in [0, 0.1) is 0 Å². The van der Waals surface area contributed by atoms with Crippen LogP contribution in [0.4, 0.5) is 0 Å². The zero-order valence-corrected chi connectivity index (χ0v) is 27.8. The lowest BCUT2D eigenvalue weighted by atomic mass is 10.1. The minimum absolute atomic E-state index is 0. The van der Waals surface area contributed by atoms with Crippen molar-refractivity contribution in [1.29, 1.82) is 0 Å². The molecule has 0 atom stereocenters. The Kier molecular flexibility index (Phi) is 32.6. The number of nitrogens with two attached hydrogens (primary N) is 2. The summed E-state index contributed by atoms with van der Waals surface area (Å²) in [5.41, 5.74) is 0. The van der Waals surface area contributed by atoms with E-state index in [2.05, 4.69) is 62.3 Å². The van der Waals surface area contributed by atoms with Gasteiger partial charge in [0.15, 0.2) is 0 Å². The Labute approximate surface area is 241 Å². The van der Waals surface area contributed by atoms with Gasteiger partial charge in [-0.05, 0) is 80.1 Å². The zero-order valence-electron chi connectivity index (χ0n) is 26.3. The molecular weight excluding hydrogens is 487 g/mol. The number of hydrogen-bond donors (Lipinski definition) is 2. The predicted molar refractivity (Wildman–Crippen MR) is 155 cm³/mol. The second-order valence-corrected chi connectivity index (χ2v) is 11.8. The van der Waals surface area contributed by atoms with Crippen molar-refractivity contribution in [3.63, 3.8) is 0 Å². The number of halogens is 2. The van der Waals surface area contributed by atoms with Crippen molar-refractivity contribution >= 4 is 0 Å². The fourth-order valence-electron chi connectivity index (χ4n) is 5.22. The summed E-state index contributed by atoms with van der Waals surface area (Å²) in [5, 5.41) is 0. The Hall–Kier alpha value is 0.420. The van der Waals surface area contributed by atoms with Crippen LogP contribution in [0.25, 0.3) is 0 Å². The van der Waals surface area contributed by atoms with E-state index in [1.807, 2.05) is 0 Å². The molecule has 0 aliphatic rings. The van der Waals surface area contributed by atoms with Gasteiger partial charge in [0.05, 0.1) is 19.6 Å². The Bertz CT molecular complexity index is 373.